The van der Waals surface area contributed by atoms with Gasteiger partial charge in [0.1, 0.15) is 6.17 Å². The molecule has 0 aliphatic heterocycles. The SMILES string of the molecule is C=C1/C(=C\C=C2/CCCC3(C)C(C4(C/C=C/C(O)(C(F)(F)F)C(F)(F)F)CC4)=CC[C@@H]23)CC(C)CC1F.CC. The molecular weight excluding hydrogens is 521 g/mol. The van der Waals surface area contributed by atoms with Gasteiger partial charge in [-0.25, -0.2) is 4.39 Å². The van der Waals surface area contributed by atoms with Gasteiger partial charge in [-0.05, 0) is 97.7 Å². The van der Waals surface area contributed by atoms with E-state index in [1.54, 1.807) is 0 Å². The molecule has 0 spiro atoms. The third kappa shape index (κ3) is 5.96. The van der Waals surface area contributed by atoms with Gasteiger partial charge in [-0.15, -0.1) is 0 Å². The van der Waals surface area contributed by atoms with Crippen LogP contribution in [0.1, 0.15) is 85.5 Å². The van der Waals surface area contributed by atoms with Crippen LogP contribution in [0.15, 0.2) is 59.3 Å². The molecule has 0 amide bonds. The zero-order valence-corrected chi connectivity index (χ0v) is 23.3. The standard InChI is InChI=1S/C29H35F7O.C2H6/c1-18-16-21(19(2)23(30)17-18)8-7-20-6-4-11-25(3)22(20)9-10-24(25)26(14-15-26)12-5-13-27(37,28(31,32)33)29(34,35)36;1-2/h5,7-8,10,13,18,22-23,37H,2,4,6,9,11-12,14-17H2,1,3H3;1-2H3/b13-5+,20-7+,21-8-;/t18?,22-,23?,25?;/m0./s1. The van der Waals surface area contributed by atoms with Gasteiger partial charge in [-0.3, -0.25) is 0 Å². The van der Waals surface area contributed by atoms with Crippen LogP contribution in [0.2, 0.25) is 0 Å². The summed E-state index contributed by atoms with van der Waals surface area (Å²) in [6, 6.07) is 0. The normalized spacial score (nSPS) is 33.2. The van der Waals surface area contributed by atoms with Crippen LogP contribution in [0, 0.1) is 22.7 Å². The maximum absolute atomic E-state index is 14.3. The second-order valence-corrected chi connectivity index (χ2v) is 11.8. The Hall–Kier alpha value is -1.83. The molecule has 0 saturated heterocycles. The summed E-state index contributed by atoms with van der Waals surface area (Å²) in [5.41, 5.74) is -1.70. The molecule has 0 aromatic rings. The van der Waals surface area contributed by atoms with Gasteiger partial charge in [0.05, 0.1) is 0 Å². The molecule has 4 atom stereocenters. The molecule has 0 heterocycles. The van der Waals surface area contributed by atoms with Crippen LogP contribution in [0.5, 0.6) is 0 Å². The van der Waals surface area contributed by atoms with Crippen molar-refractivity contribution in [1.82, 2.24) is 0 Å². The van der Waals surface area contributed by atoms with Gasteiger partial charge >= 0.3 is 12.4 Å². The maximum Gasteiger partial charge on any atom is 0.429 e. The largest absolute Gasteiger partial charge is 0.429 e. The minimum absolute atomic E-state index is 0.0221. The van der Waals surface area contributed by atoms with E-state index < -0.39 is 29.5 Å². The number of alkyl halides is 7. The van der Waals surface area contributed by atoms with Crippen LogP contribution >= 0.6 is 0 Å². The van der Waals surface area contributed by atoms with Crippen LogP contribution in [0.4, 0.5) is 30.7 Å². The molecule has 0 radical (unpaired) electrons. The average Bonchev–Trinajstić information content (AvgIpc) is 3.52. The molecule has 0 bridgehead atoms. The first-order valence-electron chi connectivity index (χ1n) is 14.0. The number of hydrogen-bond donors (Lipinski definition) is 1. The van der Waals surface area contributed by atoms with E-state index in [-0.39, 0.29) is 29.7 Å². The Balaban J connectivity index is 0.00000205. The van der Waals surface area contributed by atoms with Gasteiger partial charge < -0.3 is 5.11 Å². The lowest BCUT2D eigenvalue weighted by molar-refractivity contribution is -0.347. The lowest BCUT2D eigenvalue weighted by Gasteiger charge is -2.43. The predicted octanol–water partition coefficient (Wildman–Crippen LogP) is 9.91. The van der Waals surface area contributed by atoms with Crippen molar-refractivity contribution in [2.24, 2.45) is 22.7 Å². The van der Waals surface area contributed by atoms with Crippen molar-refractivity contribution in [1.29, 1.82) is 0 Å². The van der Waals surface area contributed by atoms with Gasteiger partial charge in [0, 0.05) is 0 Å². The molecule has 0 aromatic heterocycles. The predicted molar refractivity (Wildman–Crippen MR) is 141 cm³/mol. The molecular formula is C31H41F7O. The molecule has 3 fully saturated rings. The second kappa shape index (κ2) is 11.2. The zero-order chi connectivity index (χ0) is 29.4. The van der Waals surface area contributed by atoms with E-state index in [2.05, 4.69) is 25.7 Å². The topological polar surface area (TPSA) is 20.2 Å². The first kappa shape index (κ1) is 31.7. The first-order chi connectivity index (χ1) is 18.0. The van der Waals surface area contributed by atoms with Crippen molar-refractivity contribution < 1.29 is 35.8 Å². The Bertz CT molecular complexity index is 1020. The van der Waals surface area contributed by atoms with Crippen LogP contribution in [-0.2, 0) is 0 Å². The summed E-state index contributed by atoms with van der Waals surface area (Å²) in [7, 11) is 0. The third-order valence-corrected chi connectivity index (χ3v) is 9.17. The number of aliphatic hydroxyl groups is 1. The Morgan fingerprint density at radius 2 is 1.67 bits per heavy atom. The highest BCUT2D eigenvalue weighted by atomic mass is 19.4. The molecule has 4 aliphatic carbocycles. The van der Waals surface area contributed by atoms with Crippen LogP contribution in [0.3, 0.4) is 0 Å². The van der Waals surface area contributed by atoms with E-state index in [1.807, 2.05) is 26.8 Å². The molecule has 4 aliphatic rings. The number of allylic oxidation sites excluding steroid dienone is 8. The monoisotopic (exact) mass is 562 g/mol. The molecule has 3 saturated carbocycles. The summed E-state index contributed by atoms with van der Waals surface area (Å²) in [5, 5.41) is 9.46. The summed E-state index contributed by atoms with van der Waals surface area (Å²) in [5.74, 6) is 0.448. The van der Waals surface area contributed by atoms with Crippen LogP contribution < -0.4 is 0 Å². The van der Waals surface area contributed by atoms with Crippen molar-refractivity contribution in [2.45, 2.75) is 110 Å². The molecule has 1 nitrogen and oxygen atoms in total. The summed E-state index contributed by atoms with van der Waals surface area (Å²) < 4.78 is 92.7. The fourth-order valence-electron chi connectivity index (χ4n) is 6.85. The lowest BCUT2D eigenvalue weighted by Crippen LogP contribution is -2.55. The molecule has 0 aromatic carbocycles. The van der Waals surface area contributed by atoms with E-state index in [4.69, 9.17) is 0 Å². The maximum atomic E-state index is 14.3. The van der Waals surface area contributed by atoms with E-state index in [0.717, 1.165) is 49.3 Å². The minimum atomic E-state index is -5.86. The highest BCUT2D eigenvalue weighted by Crippen LogP contribution is 2.67. The van der Waals surface area contributed by atoms with Gasteiger partial charge in [0.25, 0.3) is 5.60 Å². The molecule has 39 heavy (non-hydrogen) atoms. The summed E-state index contributed by atoms with van der Waals surface area (Å²) >= 11 is 0. The number of rotatable bonds is 5. The molecule has 1 N–H and O–H groups in total. The zero-order valence-electron chi connectivity index (χ0n) is 23.3. The van der Waals surface area contributed by atoms with Crippen LogP contribution in [0.25, 0.3) is 0 Å². The quantitative estimate of drug-likeness (QED) is 0.261. The van der Waals surface area contributed by atoms with Crippen molar-refractivity contribution in [3.63, 3.8) is 0 Å². The number of halogens is 7. The van der Waals surface area contributed by atoms with E-state index in [0.29, 0.717) is 24.8 Å². The summed E-state index contributed by atoms with van der Waals surface area (Å²) in [6.45, 7) is 12.1. The summed E-state index contributed by atoms with van der Waals surface area (Å²) in [6.07, 6.45) is 0.393. The van der Waals surface area contributed by atoms with Crippen LogP contribution in [-0.4, -0.2) is 29.2 Å². The van der Waals surface area contributed by atoms with Crippen molar-refractivity contribution in [3.8, 4) is 0 Å². The third-order valence-electron chi connectivity index (χ3n) is 9.17. The van der Waals surface area contributed by atoms with Crippen molar-refractivity contribution in [3.05, 3.63) is 59.3 Å². The number of hydrogen-bond acceptors (Lipinski definition) is 1. The van der Waals surface area contributed by atoms with E-state index in [1.165, 1.54) is 5.57 Å². The highest BCUT2D eigenvalue weighted by Gasteiger charge is 2.69. The Kier molecular flexibility index (Phi) is 9.11. The fourth-order valence-corrected chi connectivity index (χ4v) is 6.85. The second-order valence-electron chi connectivity index (χ2n) is 11.8. The summed E-state index contributed by atoms with van der Waals surface area (Å²) in [4.78, 5) is 0. The molecule has 3 unspecified atom stereocenters. The van der Waals surface area contributed by atoms with Gasteiger partial charge in [0.15, 0.2) is 0 Å². The molecule has 8 heteroatoms. The Labute approximate surface area is 227 Å². The van der Waals surface area contributed by atoms with Gasteiger partial charge in [-0.1, -0.05) is 69.7 Å². The fraction of sp³-hybridized carbons (Fsp3) is 0.677. The van der Waals surface area contributed by atoms with Gasteiger partial charge in [-0.2, -0.15) is 26.3 Å². The van der Waals surface area contributed by atoms with Gasteiger partial charge in [0.2, 0.25) is 0 Å². The average molecular weight is 563 g/mol. The van der Waals surface area contributed by atoms with E-state index in [9.17, 15) is 35.8 Å². The molecule has 4 rings (SSSR count). The minimum Gasteiger partial charge on any atom is -0.370 e. The lowest BCUT2D eigenvalue weighted by atomic mass is 9.61. The van der Waals surface area contributed by atoms with E-state index >= 15 is 0 Å². The smallest absolute Gasteiger partial charge is 0.370 e. The van der Waals surface area contributed by atoms with Crippen molar-refractivity contribution in [2.75, 3.05) is 0 Å². The highest BCUT2D eigenvalue weighted by molar-refractivity contribution is 5.42. The first-order valence-corrected chi connectivity index (χ1v) is 14.0. The Morgan fingerprint density at radius 3 is 2.23 bits per heavy atom. The van der Waals surface area contributed by atoms with Crippen molar-refractivity contribution >= 4 is 0 Å². The molecule has 220 valence electrons. The number of fused-ring (bicyclic) bond motifs is 1. The Morgan fingerprint density at radius 1 is 1.05 bits per heavy atom.